The lowest BCUT2D eigenvalue weighted by Gasteiger charge is -2.30. The molecule has 1 aliphatic heterocycles. The van der Waals surface area contributed by atoms with Gasteiger partial charge in [-0.05, 0) is 38.3 Å². The molecule has 0 fully saturated rings. The first-order valence-electron chi connectivity index (χ1n) is 6.60. The molecule has 0 saturated heterocycles. The van der Waals surface area contributed by atoms with E-state index in [9.17, 15) is 4.79 Å². The van der Waals surface area contributed by atoms with Crippen LogP contribution in [0.15, 0.2) is 24.3 Å². The maximum Gasteiger partial charge on any atom is 0.227 e. The fourth-order valence-corrected chi connectivity index (χ4v) is 3.22. The molecule has 0 radical (unpaired) electrons. The van der Waals surface area contributed by atoms with E-state index in [1.165, 1.54) is 0 Å². The van der Waals surface area contributed by atoms with Gasteiger partial charge in [-0.2, -0.15) is 0 Å². The molecule has 1 atom stereocenters. The minimum atomic E-state index is -0.183. The highest BCUT2D eigenvalue weighted by Gasteiger charge is 2.29. The summed E-state index contributed by atoms with van der Waals surface area (Å²) in [5.41, 5.74) is 0.935. The molecule has 0 aliphatic carbocycles. The van der Waals surface area contributed by atoms with Crippen LogP contribution in [0, 0.1) is 5.92 Å². The number of ether oxygens (including phenoxy) is 1. The van der Waals surface area contributed by atoms with Crippen LogP contribution >= 0.6 is 15.9 Å². The summed E-state index contributed by atoms with van der Waals surface area (Å²) in [7, 11) is 0. The molecule has 19 heavy (non-hydrogen) atoms. The second-order valence-electron chi connectivity index (χ2n) is 5.63. The van der Waals surface area contributed by atoms with Gasteiger partial charge in [0, 0.05) is 10.9 Å². The van der Waals surface area contributed by atoms with Gasteiger partial charge in [-0.25, -0.2) is 0 Å². The quantitative estimate of drug-likeness (QED) is 0.864. The van der Waals surface area contributed by atoms with E-state index in [1.807, 2.05) is 38.1 Å². The maximum absolute atomic E-state index is 12.3. The number of fused-ring (bicyclic) bond motifs is 1. The van der Waals surface area contributed by atoms with Crippen LogP contribution in [0.1, 0.15) is 25.8 Å². The molecule has 0 bridgehead atoms. The van der Waals surface area contributed by atoms with Crippen molar-refractivity contribution in [2.45, 2.75) is 32.2 Å². The van der Waals surface area contributed by atoms with E-state index >= 15 is 0 Å². The van der Waals surface area contributed by atoms with E-state index in [0.29, 0.717) is 6.61 Å². The number of benzene rings is 1. The molecule has 1 aliphatic rings. The first-order chi connectivity index (χ1) is 9.02. The van der Waals surface area contributed by atoms with Gasteiger partial charge in [0.15, 0.2) is 0 Å². The molecule has 104 valence electrons. The fourth-order valence-electron chi connectivity index (χ4n) is 2.23. The number of halogens is 1. The Morgan fingerprint density at radius 3 is 2.95 bits per heavy atom. The Hall–Kier alpha value is -1.03. The highest BCUT2D eigenvalue weighted by molar-refractivity contribution is 9.09. The topological polar surface area (TPSA) is 38.3 Å². The van der Waals surface area contributed by atoms with Crippen molar-refractivity contribution in [1.82, 2.24) is 5.32 Å². The molecule has 2 rings (SSSR count). The third-order valence-corrected chi connectivity index (χ3v) is 3.83. The molecule has 1 aromatic carbocycles. The van der Waals surface area contributed by atoms with Crippen LogP contribution in [0.3, 0.4) is 0 Å². The van der Waals surface area contributed by atoms with Crippen molar-refractivity contribution in [3.63, 3.8) is 0 Å². The molecule has 1 N–H and O–H groups in total. The third-order valence-electron chi connectivity index (χ3n) is 3.43. The second kappa shape index (κ2) is 5.95. The number of carbonyl (C=O) groups is 1. The van der Waals surface area contributed by atoms with Gasteiger partial charge in [0.2, 0.25) is 5.91 Å². The van der Waals surface area contributed by atoms with Crippen molar-refractivity contribution in [1.29, 1.82) is 0 Å². The summed E-state index contributed by atoms with van der Waals surface area (Å²) in [5.74, 6) is 0.899. The minimum Gasteiger partial charge on any atom is -0.492 e. The van der Waals surface area contributed by atoms with Crippen molar-refractivity contribution >= 4 is 21.8 Å². The molecule has 1 aromatic rings. The molecule has 4 heteroatoms. The monoisotopic (exact) mass is 325 g/mol. The number of hydrogen-bond donors (Lipinski definition) is 1. The van der Waals surface area contributed by atoms with E-state index in [1.54, 1.807) is 0 Å². The van der Waals surface area contributed by atoms with Crippen LogP contribution in [0.25, 0.3) is 0 Å². The van der Waals surface area contributed by atoms with Crippen LogP contribution in [-0.2, 0) is 11.2 Å². The number of amides is 1. The van der Waals surface area contributed by atoms with E-state index in [4.69, 9.17) is 4.74 Å². The number of para-hydroxylation sites is 1. The zero-order valence-electron chi connectivity index (χ0n) is 11.4. The Kier molecular flexibility index (Phi) is 4.50. The lowest BCUT2D eigenvalue weighted by Crippen LogP contribution is -2.48. The summed E-state index contributed by atoms with van der Waals surface area (Å²) in [6, 6.07) is 7.92. The van der Waals surface area contributed by atoms with Gasteiger partial charge in [-0.1, -0.05) is 34.1 Å². The Bertz CT molecular complexity index is 459. The predicted octanol–water partition coefficient (Wildman–Crippen LogP) is 2.92. The van der Waals surface area contributed by atoms with Crippen LogP contribution in [0.5, 0.6) is 5.75 Å². The standard InChI is InChI=1S/C15H20BrNO2/c1-15(2,7-8-16)17-14(18)12-9-11-5-3-4-6-13(11)19-10-12/h3-6,12H,7-10H2,1-2H3,(H,17,18). The Morgan fingerprint density at radius 1 is 1.47 bits per heavy atom. The highest BCUT2D eigenvalue weighted by atomic mass is 79.9. The Labute approximate surface area is 122 Å². The van der Waals surface area contributed by atoms with Crippen molar-refractivity contribution in [2.24, 2.45) is 5.92 Å². The van der Waals surface area contributed by atoms with E-state index < -0.39 is 0 Å². The molecule has 1 amide bonds. The van der Waals surface area contributed by atoms with Crippen molar-refractivity contribution in [2.75, 3.05) is 11.9 Å². The summed E-state index contributed by atoms with van der Waals surface area (Å²) in [6.07, 6.45) is 1.66. The average molecular weight is 326 g/mol. The molecule has 0 spiro atoms. The smallest absolute Gasteiger partial charge is 0.227 e. The lowest BCUT2D eigenvalue weighted by atomic mass is 9.94. The van der Waals surface area contributed by atoms with Crippen LogP contribution in [-0.4, -0.2) is 23.4 Å². The van der Waals surface area contributed by atoms with E-state index in [2.05, 4.69) is 21.2 Å². The molecule has 1 heterocycles. The summed E-state index contributed by atoms with van der Waals surface area (Å²) in [5, 5.41) is 3.99. The lowest BCUT2D eigenvalue weighted by molar-refractivity contribution is -0.127. The number of hydrogen-bond acceptors (Lipinski definition) is 2. The van der Waals surface area contributed by atoms with E-state index in [-0.39, 0.29) is 17.4 Å². The van der Waals surface area contributed by atoms with Crippen molar-refractivity contribution < 1.29 is 9.53 Å². The predicted molar refractivity (Wildman–Crippen MR) is 79.8 cm³/mol. The average Bonchev–Trinajstić information content (AvgIpc) is 2.37. The molecule has 0 aromatic heterocycles. The van der Waals surface area contributed by atoms with Gasteiger partial charge >= 0.3 is 0 Å². The zero-order chi connectivity index (χ0) is 13.9. The fraction of sp³-hybridized carbons (Fsp3) is 0.533. The van der Waals surface area contributed by atoms with Crippen LogP contribution in [0.4, 0.5) is 0 Å². The van der Waals surface area contributed by atoms with Crippen molar-refractivity contribution in [3.05, 3.63) is 29.8 Å². The summed E-state index contributed by atoms with van der Waals surface area (Å²) in [6.45, 7) is 4.56. The van der Waals surface area contributed by atoms with Gasteiger partial charge < -0.3 is 10.1 Å². The highest BCUT2D eigenvalue weighted by Crippen LogP contribution is 2.27. The first-order valence-corrected chi connectivity index (χ1v) is 7.73. The number of alkyl halides is 1. The van der Waals surface area contributed by atoms with E-state index in [0.717, 1.165) is 29.5 Å². The molecular weight excluding hydrogens is 306 g/mol. The summed E-state index contributed by atoms with van der Waals surface area (Å²) < 4.78 is 5.66. The van der Waals surface area contributed by atoms with Gasteiger partial charge in [-0.15, -0.1) is 0 Å². The number of nitrogens with one attached hydrogen (secondary N) is 1. The normalized spacial score (nSPS) is 18.4. The van der Waals surface area contributed by atoms with Crippen LogP contribution < -0.4 is 10.1 Å². The molecule has 3 nitrogen and oxygen atoms in total. The zero-order valence-corrected chi connectivity index (χ0v) is 13.0. The SMILES string of the molecule is CC(C)(CCBr)NC(=O)C1COc2ccccc2C1. The summed E-state index contributed by atoms with van der Waals surface area (Å²) >= 11 is 3.42. The minimum absolute atomic E-state index is 0.0838. The second-order valence-corrected chi connectivity index (χ2v) is 6.42. The van der Waals surface area contributed by atoms with Gasteiger partial charge in [-0.3, -0.25) is 4.79 Å². The molecule has 1 unspecified atom stereocenters. The largest absolute Gasteiger partial charge is 0.492 e. The third kappa shape index (κ3) is 3.72. The van der Waals surface area contributed by atoms with Gasteiger partial charge in [0.1, 0.15) is 12.4 Å². The summed E-state index contributed by atoms with van der Waals surface area (Å²) in [4.78, 5) is 12.3. The number of carbonyl (C=O) groups excluding carboxylic acids is 1. The Morgan fingerprint density at radius 2 is 2.21 bits per heavy atom. The van der Waals surface area contributed by atoms with Crippen molar-refractivity contribution in [3.8, 4) is 5.75 Å². The Balaban J connectivity index is 1.99. The first kappa shape index (κ1) is 14.4. The molecule has 0 saturated carbocycles. The van der Waals surface area contributed by atoms with Gasteiger partial charge in [0.25, 0.3) is 0 Å². The maximum atomic E-state index is 12.3. The number of rotatable bonds is 4. The molecular formula is C15H20BrNO2. The van der Waals surface area contributed by atoms with Crippen LogP contribution in [0.2, 0.25) is 0 Å². The van der Waals surface area contributed by atoms with Gasteiger partial charge in [0.05, 0.1) is 5.92 Å².